The van der Waals surface area contributed by atoms with Crippen LogP contribution in [-0.2, 0) is 19.1 Å². The van der Waals surface area contributed by atoms with Crippen molar-refractivity contribution in [2.45, 2.75) is 46.3 Å². The number of carbonyl (C=O) groups excluding carboxylic acids is 2. The van der Waals surface area contributed by atoms with Gasteiger partial charge in [-0.05, 0) is 25.0 Å². The van der Waals surface area contributed by atoms with Crippen molar-refractivity contribution in [3.63, 3.8) is 0 Å². The van der Waals surface area contributed by atoms with E-state index in [1.54, 1.807) is 0 Å². The molecule has 4 nitrogen and oxygen atoms in total. The minimum Gasteiger partial charge on any atom is -0.462 e. The first-order chi connectivity index (χ1) is 9.90. The van der Waals surface area contributed by atoms with Gasteiger partial charge in [0, 0.05) is 18.9 Å². The van der Waals surface area contributed by atoms with E-state index in [0.29, 0.717) is 6.42 Å². The number of allylic oxidation sites excluding steroid dienone is 3. The van der Waals surface area contributed by atoms with Gasteiger partial charge < -0.3 is 9.47 Å². The molecule has 3 aliphatic rings. The number of rotatable bonds is 1. The van der Waals surface area contributed by atoms with Crippen LogP contribution in [0.25, 0.3) is 0 Å². The third-order valence-corrected chi connectivity index (χ3v) is 4.76. The van der Waals surface area contributed by atoms with Crippen molar-refractivity contribution in [2.75, 3.05) is 0 Å². The molecule has 0 aromatic carbocycles. The van der Waals surface area contributed by atoms with Crippen LogP contribution in [0.4, 0.5) is 0 Å². The predicted octanol–water partition coefficient (Wildman–Crippen LogP) is 2.70. The van der Waals surface area contributed by atoms with Crippen molar-refractivity contribution in [3.8, 4) is 0 Å². The Balaban J connectivity index is 2.09. The van der Waals surface area contributed by atoms with Crippen LogP contribution in [0.1, 0.15) is 34.1 Å². The van der Waals surface area contributed by atoms with Crippen molar-refractivity contribution in [1.82, 2.24) is 0 Å². The first-order valence-electron chi connectivity index (χ1n) is 7.37. The van der Waals surface area contributed by atoms with Crippen LogP contribution in [0.5, 0.6) is 0 Å². The fourth-order valence-corrected chi connectivity index (χ4v) is 3.73. The Morgan fingerprint density at radius 1 is 1.33 bits per heavy atom. The predicted molar refractivity (Wildman–Crippen MR) is 77.2 cm³/mol. The summed E-state index contributed by atoms with van der Waals surface area (Å²) in [6, 6.07) is 0. The second-order valence-electron chi connectivity index (χ2n) is 6.20. The highest BCUT2D eigenvalue weighted by Gasteiger charge is 2.51. The monoisotopic (exact) mass is 288 g/mol. The van der Waals surface area contributed by atoms with Gasteiger partial charge in [0.2, 0.25) is 0 Å². The Hall–Kier alpha value is -1.84. The molecule has 4 atom stereocenters. The summed E-state index contributed by atoms with van der Waals surface area (Å²) in [6.07, 6.45) is 4.18. The molecular weight excluding hydrogens is 268 g/mol. The first kappa shape index (κ1) is 14.1. The molecule has 1 fully saturated rings. The quantitative estimate of drug-likeness (QED) is 0.696. The third kappa shape index (κ3) is 2.13. The molecule has 112 valence electrons. The van der Waals surface area contributed by atoms with Gasteiger partial charge in [0.15, 0.2) is 0 Å². The molecule has 21 heavy (non-hydrogen) atoms. The average Bonchev–Trinajstić information content (AvgIpc) is 2.86. The zero-order valence-corrected chi connectivity index (χ0v) is 12.8. The van der Waals surface area contributed by atoms with Gasteiger partial charge in [-0.1, -0.05) is 24.6 Å². The van der Waals surface area contributed by atoms with Gasteiger partial charge in [0.05, 0.1) is 11.8 Å². The minimum absolute atomic E-state index is 0.112. The lowest BCUT2D eigenvalue weighted by Gasteiger charge is -2.26. The lowest BCUT2D eigenvalue weighted by Crippen LogP contribution is -2.35. The van der Waals surface area contributed by atoms with E-state index in [2.05, 4.69) is 19.1 Å². The molecular formula is C17H20O4. The van der Waals surface area contributed by atoms with Crippen molar-refractivity contribution in [3.05, 3.63) is 34.4 Å². The van der Waals surface area contributed by atoms with Crippen LogP contribution in [-0.4, -0.2) is 24.1 Å². The van der Waals surface area contributed by atoms with Crippen LogP contribution < -0.4 is 0 Å². The Labute approximate surface area is 124 Å². The van der Waals surface area contributed by atoms with E-state index in [4.69, 9.17) is 9.47 Å². The summed E-state index contributed by atoms with van der Waals surface area (Å²) < 4.78 is 11.2. The zero-order valence-electron chi connectivity index (χ0n) is 12.8. The lowest BCUT2D eigenvalue weighted by molar-refractivity contribution is -0.150. The second-order valence-corrected chi connectivity index (χ2v) is 6.20. The molecule has 2 aliphatic carbocycles. The number of esters is 2. The molecule has 0 amide bonds. The van der Waals surface area contributed by atoms with E-state index in [-0.39, 0.29) is 36.0 Å². The van der Waals surface area contributed by atoms with E-state index in [9.17, 15) is 9.59 Å². The molecule has 0 radical (unpaired) electrons. The van der Waals surface area contributed by atoms with Gasteiger partial charge in [-0.15, -0.1) is 0 Å². The van der Waals surface area contributed by atoms with Gasteiger partial charge in [-0.3, -0.25) is 9.59 Å². The fourth-order valence-electron chi connectivity index (χ4n) is 3.73. The van der Waals surface area contributed by atoms with E-state index in [1.165, 1.54) is 12.5 Å². The van der Waals surface area contributed by atoms with Crippen LogP contribution in [0.15, 0.2) is 34.4 Å². The van der Waals surface area contributed by atoms with Gasteiger partial charge in [0.25, 0.3) is 0 Å². The summed E-state index contributed by atoms with van der Waals surface area (Å²) in [5, 5.41) is 0. The van der Waals surface area contributed by atoms with E-state index < -0.39 is 0 Å². The number of hydrogen-bond donors (Lipinski definition) is 0. The average molecular weight is 288 g/mol. The standard InChI is InChI=1S/C17H20O4/c1-8-5-6-12-9(2)7-13(20-11(4)18)15-10(3)17(19)21-16(15)14(8)12/h5-6,10,13,15-16H,7H2,1-4H3/t10-,13+,15-,16-/m1/s1. The zero-order chi connectivity index (χ0) is 15.3. The minimum atomic E-state index is -0.309. The number of fused-ring (bicyclic) bond motifs is 3. The van der Waals surface area contributed by atoms with Gasteiger partial charge in [0.1, 0.15) is 12.2 Å². The van der Waals surface area contributed by atoms with Crippen LogP contribution in [0.3, 0.4) is 0 Å². The maximum absolute atomic E-state index is 12.0. The summed E-state index contributed by atoms with van der Waals surface area (Å²) >= 11 is 0. The van der Waals surface area contributed by atoms with E-state index >= 15 is 0 Å². The highest BCUT2D eigenvalue weighted by molar-refractivity contribution is 5.77. The molecule has 0 N–H and O–H groups in total. The van der Waals surface area contributed by atoms with Crippen LogP contribution >= 0.6 is 0 Å². The highest BCUT2D eigenvalue weighted by atomic mass is 16.6. The number of ether oxygens (including phenoxy) is 2. The Morgan fingerprint density at radius 2 is 2.05 bits per heavy atom. The van der Waals surface area contributed by atoms with Gasteiger partial charge in [-0.25, -0.2) is 0 Å². The highest BCUT2D eigenvalue weighted by Crippen LogP contribution is 2.46. The summed E-state index contributed by atoms with van der Waals surface area (Å²) in [5.41, 5.74) is 4.54. The second kappa shape index (κ2) is 4.86. The van der Waals surface area contributed by atoms with Gasteiger partial charge >= 0.3 is 11.9 Å². The fraction of sp³-hybridized carbons (Fsp3) is 0.529. The Bertz CT molecular complexity index is 608. The molecule has 0 saturated carbocycles. The summed E-state index contributed by atoms with van der Waals surface area (Å²) in [5.74, 6) is -0.879. The molecule has 1 heterocycles. The van der Waals surface area contributed by atoms with Crippen LogP contribution in [0, 0.1) is 11.8 Å². The molecule has 3 rings (SSSR count). The SMILES string of the molecule is CC(=O)O[C@H]1CC(C)=C2C=CC(C)=C2[C@H]2OC(=O)[C@H](C)[C@H]12. The van der Waals surface area contributed by atoms with Crippen molar-refractivity contribution in [2.24, 2.45) is 11.8 Å². The normalized spacial score (nSPS) is 34.6. The lowest BCUT2D eigenvalue weighted by atomic mass is 9.83. The number of hydrogen-bond acceptors (Lipinski definition) is 4. The molecule has 0 unspecified atom stereocenters. The van der Waals surface area contributed by atoms with Crippen molar-refractivity contribution >= 4 is 11.9 Å². The van der Waals surface area contributed by atoms with Gasteiger partial charge in [-0.2, -0.15) is 0 Å². The Morgan fingerprint density at radius 3 is 2.71 bits per heavy atom. The molecule has 0 bridgehead atoms. The molecule has 0 spiro atoms. The summed E-state index contributed by atoms with van der Waals surface area (Å²) in [7, 11) is 0. The topological polar surface area (TPSA) is 52.6 Å². The molecule has 1 aliphatic heterocycles. The third-order valence-electron chi connectivity index (χ3n) is 4.76. The first-order valence-corrected chi connectivity index (χ1v) is 7.37. The molecule has 0 aromatic heterocycles. The Kier molecular flexibility index (Phi) is 3.27. The van der Waals surface area contributed by atoms with E-state index in [0.717, 1.165) is 16.7 Å². The van der Waals surface area contributed by atoms with Crippen molar-refractivity contribution in [1.29, 1.82) is 0 Å². The molecule has 0 aromatic rings. The smallest absolute Gasteiger partial charge is 0.309 e. The van der Waals surface area contributed by atoms with E-state index in [1.807, 2.05) is 13.8 Å². The maximum Gasteiger partial charge on any atom is 0.309 e. The molecule has 1 saturated heterocycles. The largest absolute Gasteiger partial charge is 0.462 e. The summed E-state index contributed by atoms with van der Waals surface area (Å²) in [4.78, 5) is 23.5. The van der Waals surface area contributed by atoms with Crippen LogP contribution in [0.2, 0.25) is 0 Å². The molecule has 4 heteroatoms. The van der Waals surface area contributed by atoms with Crippen molar-refractivity contribution < 1.29 is 19.1 Å². The summed E-state index contributed by atoms with van der Waals surface area (Å²) in [6.45, 7) is 7.37. The number of carbonyl (C=O) groups is 2. The maximum atomic E-state index is 12.0.